The van der Waals surface area contributed by atoms with Crippen LogP contribution in [0.15, 0.2) is 42.5 Å². The maximum absolute atomic E-state index is 11.1. The van der Waals surface area contributed by atoms with Crippen molar-refractivity contribution in [3.05, 3.63) is 63.6 Å². The highest BCUT2D eigenvalue weighted by Gasteiger charge is 2.07. The lowest BCUT2D eigenvalue weighted by Gasteiger charge is -2.09. The number of nitrogens with two attached hydrogens (primary N) is 1. The normalized spacial score (nSPS) is 10.2. The molecule has 0 atom stereocenters. The van der Waals surface area contributed by atoms with Gasteiger partial charge in [-0.25, -0.2) is 0 Å². The van der Waals surface area contributed by atoms with Crippen LogP contribution < -0.4 is 11.1 Å². The molecule has 0 saturated carbocycles. The molecule has 98 valence electrons. The fourth-order valence-electron chi connectivity index (χ4n) is 1.66. The number of nitrogens with one attached hydrogen (secondary N) is 1. The molecule has 0 saturated heterocycles. The van der Waals surface area contributed by atoms with Gasteiger partial charge in [0.15, 0.2) is 0 Å². The summed E-state index contributed by atoms with van der Waals surface area (Å²) in [6, 6.07) is 12.6. The summed E-state index contributed by atoms with van der Waals surface area (Å²) < 4.78 is 0. The number of carbonyl (C=O) groups excluding carboxylic acids is 1. The van der Waals surface area contributed by atoms with E-state index in [1.54, 1.807) is 18.2 Å². The van der Waals surface area contributed by atoms with Gasteiger partial charge < -0.3 is 11.1 Å². The Balaban J connectivity index is 2.11. The van der Waals surface area contributed by atoms with Gasteiger partial charge in [-0.1, -0.05) is 41.4 Å². The van der Waals surface area contributed by atoms with Gasteiger partial charge >= 0.3 is 0 Å². The summed E-state index contributed by atoms with van der Waals surface area (Å²) in [6.07, 6.45) is 0. The molecule has 2 aromatic carbocycles. The number of rotatable bonds is 4. The number of primary amides is 1. The maximum Gasteiger partial charge on any atom is 0.250 e. The first-order valence-electron chi connectivity index (χ1n) is 5.64. The first-order chi connectivity index (χ1) is 9.08. The summed E-state index contributed by atoms with van der Waals surface area (Å²) in [7, 11) is 0. The molecule has 0 radical (unpaired) electrons. The SMILES string of the molecule is NC(=O)c1ccc(NCc2ccccc2Cl)cc1Cl. The van der Waals surface area contributed by atoms with Crippen molar-refractivity contribution in [3.63, 3.8) is 0 Å². The Kier molecular flexibility index (Phi) is 4.30. The van der Waals surface area contributed by atoms with E-state index in [0.29, 0.717) is 22.2 Å². The van der Waals surface area contributed by atoms with Crippen molar-refractivity contribution >= 4 is 34.8 Å². The van der Waals surface area contributed by atoms with Crippen molar-refractivity contribution in [1.82, 2.24) is 0 Å². The van der Waals surface area contributed by atoms with Crippen LogP contribution >= 0.6 is 23.2 Å². The predicted octanol–water partition coefficient (Wildman–Crippen LogP) is 3.70. The molecule has 0 bridgehead atoms. The van der Waals surface area contributed by atoms with Gasteiger partial charge in [-0.05, 0) is 29.8 Å². The topological polar surface area (TPSA) is 55.1 Å². The third-order valence-corrected chi connectivity index (χ3v) is 3.36. The van der Waals surface area contributed by atoms with Crippen LogP contribution in [0.4, 0.5) is 5.69 Å². The van der Waals surface area contributed by atoms with Gasteiger partial charge in [0.2, 0.25) is 5.91 Å². The Morgan fingerprint density at radius 2 is 1.84 bits per heavy atom. The highest BCUT2D eigenvalue weighted by atomic mass is 35.5. The van der Waals surface area contributed by atoms with Crippen LogP contribution in [0.25, 0.3) is 0 Å². The summed E-state index contributed by atoms with van der Waals surface area (Å²) >= 11 is 12.0. The van der Waals surface area contributed by atoms with Crippen molar-refractivity contribution in [1.29, 1.82) is 0 Å². The monoisotopic (exact) mass is 294 g/mol. The van der Waals surface area contributed by atoms with E-state index in [-0.39, 0.29) is 0 Å². The average Bonchev–Trinajstić information content (AvgIpc) is 2.37. The highest BCUT2D eigenvalue weighted by molar-refractivity contribution is 6.34. The van der Waals surface area contributed by atoms with Gasteiger partial charge in [-0.3, -0.25) is 4.79 Å². The average molecular weight is 295 g/mol. The lowest BCUT2D eigenvalue weighted by atomic mass is 10.2. The van der Waals surface area contributed by atoms with Crippen molar-refractivity contribution in [2.45, 2.75) is 6.54 Å². The van der Waals surface area contributed by atoms with Crippen LogP contribution in [0.3, 0.4) is 0 Å². The summed E-state index contributed by atoms with van der Waals surface area (Å²) in [5, 5.41) is 4.22. The van der Waals surface area contributed by atoms with Crippen molar-refractivity contribution < 1.29 is 4.79 Å². The molecule has 0 fully saturated rings. The number of benzene rings is 2. The van der Waals surface area contributed by atoms with Crippen LogP contribution in [0.2, 0.25) is 10.0 Å². The lowest BCUT2D eigenvalue weighted by molar-refractivity contribution is 0.100. The largest absolute Gasteiger partial charge is 0.381 e. The Hall–Kier alpha value is -1.71. The van der Waals surface area contributed by atoms with Crippen molar-refractivity contribution in [2.24, 2.45) is 5.73 Å². The Morgan fingerprint density at radius 3 is 2.47 bits per heavy atom. The van der Waals surface area contributed by atoms with Crippen molar-refractivity contribution in [3.8, 4) is 0 Å². The van der Waals surface area contributed by atoms with E-state index in [2.05, 4.69) is 5.32 Å². The Morgan fingerprint density at radius 1 is 1.11 bits per heavy atom. The van der Waals surface area contributed by atoms with Gasteiger partial charge in [0.25, 0.3) is 0 Å². The molecule has 0 aliphatic heterocycles. The summed E-state index contributed by atoms with van der Waals surface area (Å²) in [6.45, 7) is 0.575. The molecule has 3 nitrogen and oxygen atoms in total. The molecule has 19 heavy (non-hydrogen) atoms. The molecule has 0 aliphatic carbocycles. The number of anilines is 1. The van der Waals surface area contributed by atoms with E-state index in [1.165, 1.54) is 0 Å². The van der Waals surface area contributed by atoms with Crippen LogP contribution in [0.5, 0.6) is 0 Å². The van der Waals surface area contributed by atoms with E-state index in [9.17, 15) is 4.79 Å². The molecule has 0 heterocycles. The summed E-state index contributed by atoms with van der Waals surface area (Å²) in [4.78, 5) is 11.1. The first-order valence-corrected chi connectivity index (χ1v) is 6.40. The van der Waals surface area contributed by atoms with Crippen molar-refractivity contribution in [2.75, 3.05) is 5.32 Å². The smallest absolute Gasteiger partial charge is 0.250 e. The number of amides is 1. The van der Waals surface area contributed by atoms with Crippen LogP contribution in [-0.4, -0.2) is 5.91 Å². The van der Waals surface area contributed by atoms with Gasteiger partial charge in [-0.15, -0.1) is 0 Å². The lowest BCUT2D eigenvalue weighted by Crippen LogP contribution is -2.11. The molecule has 0 aliphatic rings. The van der Waals surface area contributed by atoms with Gasteiger partial charge in [-0.2, -0.15) is 0 Å². The number of halogens is 2. The maximum atomic E-state index is 11.1. The Bertz CT molecular complexity index is 614. The Labute approximate surface area is 121 Å². The summed E-state index contributed by atoms with van der Waals surface area (Å²) in [5.74, 6) is -0.539. The number of carbonyl (C=O) groups is 1. The van der Waals surface area contributed by atoms with Crippen LogP contribution in [0, 0.1) is 0 Å². The standard InChI is InChI=1S/C14H12Cl2N2O/c15-12-4-2-1-3-9(12)8-18-10-5-6-11(14(17)19)13(16)7-10/h1-7,18H,8H2,(H2,17,19). The van der Waals surface area contributed by atoms with E-state index in [1.807, 2.05) is 24.3 Å². The number of hydrogen-bond acceptors (Lipinski definition) is 2. The third-order valence-electron chi connectivity index (χ3n) is 2.68. The second kappa shape index (κ2) is 5.95. The molecular weight excluding hydrogens is 283 g/mol. The fourth-order valence-corrected chi connectivity index (χ4v) is 2.14. The molecule has 5 heteroatoms. The zero-order valence-electron chi connectivity index (χ0n) is 9.99. The second-order valence-electron chi connectivity index (χ2n) is 4.00. The zero-order valence-corrected chi connectivity index (χ0v) is 11.5. The third kappa shape index (κ3) is 3.40. The molecule has 2 aromatic rings. The van der Waals surface area contributed by atoms with Crippen LogP contribution in [-0.2, 0) is 6.54 Å². The first kappa shape index (κ1) is 13.7. The predicted molar refractivity (Wildman–Crippen MR) is 78.7 cm³/mol. The molecule has 0 unspecified atom stereocenters. The van der Waals surface area contributed by atoms with E-state index >= 15 is 0 Å². The van der Waals surface area contributed by atoms with Gasteiger partial charge in [0, 0.05) is 17.3 Å². The van der Waals surface area contributed by atoms with Crippen LogP contribution in [0.1, 0.15) is 15.9 Å². The molecule has 1 amide bonds. The zero-order chi connectivity index (χ0) is 13.8. The van der Waals surface area contributed by atoms with E-state index in [0.717, 1.165) is 11.3 Å². The molecular formula is C14H12Cl2N2O. The minimum absolute atomic E-state index is 0.310. The fraction of sp³-hybridized carbons (Fsp3) is 0.0714. The second-order valence-corrected chi connectivity index (χ2v) is 4.82. The summed E-state index contributed by atoms with van der Waals surface area (Å²) in [5.41, 5.74) is 7.28. The highest BCUT2D eigenvalue weighted by Crippen LogP contribution is 2.22. The number of hydrogen-bond donors (Lipinski definition) is 2. The minimum Gasteiger partial charge on any atom is -0.381 e. The van der Waals surface area contributed by atoms with E-state index in [4.69, 9.17) is 28.9 Å². The molecule has 0 aromatic heterocycles. The van der Waals surface area contributed by atoms with Gasteiger partial charge in [0.05, 0.1) is 10.6 Å². The van der Waals surface area contributed by atoms with E-state index < -0.39 is 5.91 Å². The molecule has 2 rings (SSSR count). The molecule has 3 N–H and O–H groups in total. The molecule has 0 spiro atoms. The minimum atomic E-state index is -0.539. The quantitative estimate of drug-likeness (QED) is 0.903. The van der Waals surface area contributed by atoms with Gasteiger partial charge in [0.1, 0.15) is 0 Å².